The minimum Gasteiger partial charge on any atom is -0.345 e. The number of aromatic nitrogens is 1. The molecule has 116 valence electrons. The van der Waals surface area contributed by atoms with Gasteiger partial charge in [-0.1, -0.05) is 6.92 Å². The number of carbonyl (C=O) groups excluding carboxylic acids is 1. The average molecular weight is 306 g/mol. The second-order valence-corrected chi connectivity index (χ2v) is 4.98. The molecule has 0 saturated carbocycles. The van der Waals surface area contributed by atoms with Gasteiger partial charge in [0.05, 0.1) is 6.04 Å². The van der Waals surface area contributed by atoms with Gasteiger partial charge in [0.15, 0.2) is 0 Å². The van der Waals surface area contributed by atoms with Gasteiger partial charge in [0.25, 0.3) is 11.5 Å². The van der Waals surface area contributed by atoms with Crippen molar-refractivity contribution in [3.8, 4) is 0 Å². The predicted molar refractivity (Wildman–Crippen MR) is 78.7 cm³/mol. The number of rotatable bonds is 4. The molecule has 2 rings (SSSR count). The van der Waals surface area contributed by atoms with Crippen LogP contribution in [-0.4, -0.2) is 10.9 Å². The molecular formula is C16H16F2N2O2. The first-order valence-electron chi connectivity index (χ1n) is 6.88. The van der Waals surface area contributed by atoms with Crippen molar-refractivity contribution in [2.45, 2.75) is 26.3 Å². The van der Waals surface area contributed by atoms with Gasteiger partial charge in [-0.2, -0.15) is 0 Å². The number of nitrogens with one attached hydrogen (secondary N) is 2. The van der Waals surface area contributed by atoms with Gasteiger partial charge in [-0.25, -0.2) is 8.78 Å². The summed E-state index contributed by atoms with van der Waals surface area (Å²) in [5.41, 5.74) is 0.0945. The molecule has 2 N–H and O–H groups in total. The highest BCUT2D eigenvalue weighted by molar-refractivity contribution is 5.94. The monoisotopic (exact) mass is 306 g/mol. The standard InChI is InChI=1S/C16H16F2N2O2/c1-3-14(12-8-10(17)5-7-13(12)18)20-16(22)11-6-4-9(2)19-15(11)21/h4-8,14H,3H2,1-2H3,(H,19,21)(H,20,22)/t14-/m1/s1. The fraction of sp³-hybridized carbons (Fsp3) is 0.250. The number of halogens is 2. The van der Waals surface area contributed by atoms with Crippen molar-refractivity contribution in [1.82, 2.24) is 10.3 Å². The topological polar surface area (TPSA) is 62.0 Å². The van der Waals surface area contributed by atoms with E-state index in [1.807, 2.05) is 0 Å². The Morgan fingerprint density at radius 3 is 2.64 bits per heavy atom. The molecule has 0 spiro atoms. The molecule has 6 heteroatoms. The summed E-state index contributed by atoms with van der Waals surface area (Å²) in [5.74, 6) is -1.82. The third-order valence-electron chi connectivity index (χ3n) is 3.35. The Kier molecular flexibility index (Phi) is 4.70. The number of aryl methyl sites for hydroxylation is 1. The third-order valence-corrected chi connectivity index (χ3v) is 3.35. The molecule has 0 saturated heterocycles. The Bertz CT molecular complexity index is 756. The number of hydrogen-bond donors (Lipinski definition) is 2. The van der Waals surface area contributed by atoms with Crippen LogP contribution in [0.3, 0.4) is 0 Å². The van der Waals surface area contributed by atoms with Crippen LogP contribution in [0.1, 0.15) is 41.0 Å². The predicted octanol–water partition coefficient (Wildman–Crippen LogP) is 2.84. The molecule has 0 unspecified atom stereocenters. The minimum absolute atomic E-state index is 0.0550. The molecule has 0 fully saturated rings. The van der Waals surface area contributed by atoms with Crippen LogP contribution in [-0.2, 0) is 0 Å². The molecule has 0 radical (unpaired) electrons. The van der Waals surface area contributed by atoms with Crippen LogP contribution in [0, 0.1) is 18.6 Å². The van der Waals surface area contributed by atoms with Crippen LogP contribution < -0.4 is 10.9 Å². The minimum atomic E-state index is -0.719. The summed E-state index contributed by atoms with van der Waals surface area (Å²) >= 11 is 0. The van der Waals surface area contributed by atoms with Crippen molar-refractivity contribution in [2.75, 3.05) is 0 Å². The second-order valence-electron chi connectivity index (χ2n) is 4.98. The lowest BCUT2D eigenvalue weighted by atomic mass is 10.0. The third kappa shape index (κ3) is 3.39. The van der Waals surface area contributed by atoms with Gasteiger partial charge in [-0.3, -0.25) is 9.59 Å². The number of aromatic amines is 1. The van der Waals surface area contributed by atoms with Crippen LogP contribution in [0.2, 0.25) is 0 Å². The number of H-pyrrole nitrogens is 1. The number of benzene rings is 1. The van der Waals surface area contributed by atoms with Crippen LogP contribution in [0.15, 0.2) is 35.1 Å². The summed E-state index contributed by atoms with van der Waals surface area (Å²) in [7, 11) is 0. The fourth-order valence-electron chi connectivity index (χ4n) is 2.17. The molecule has 1 amide bonds. The zero-order valence-electron chi connectivity index (χ0n) is 12.2. The highest BCUT2D eigenvalue weighted by atomic mass is 19.1. The number of amides is 1. The zero-order valence-corrected chi connectivity index (χ0v) is 12.2. The van der Waals surface area contributed by atoms with E-state index < -0.39 is 29.1 Å². The Labute approximate surface area is 126 Å². The molecule has 2 aromatic rings. The van der Waals surface area contributed by atoms with Crippen LogP contribution >= 0.6 is 0 Å². The summed E-state index contributed by atoms with van der Waals surface area (Å²) < 4.78 is 27.1. The van der Waals surface area contributed by atoms with Crippen molar-refractivity contribution in [1.29, 1.82) is 0 Å². The average Bonchev–Trinajstić information content (AvgIpc) is 2.47. The second kappa shape index (κ2) is 6.51. The molecular weight excluding hydrogens is 290 g/mol. The van der Waals surface area contributed by atoms with E-state index in [2.05, 4.69) is 10.3 Å². The van der Waals surface area contributed by atoms with Crippen LogP contribution in [0.25, 0.3) is 0 Å². The molecule has 1 atom stereocenters. The van der Waals surface area contributed by atoms with E-state index in [1.165, 1.54) is 6.07 Å². The van der Waals surface area contributed by atoms with E-state index >= 15 is 0 Å². The van der Waals surface area contributed by atoms with E-state index in [0.29, 0.717) is 12.1 Å². The fourth-order valence-corrected chi connectivity index (χ4v) is 2.17. The van der Waals surface area contributed by atoms with Crippen LogP contribution in [0.4, 0.5) is 8.78 Å². The van der Waals surface area contributed by atoms with Gasteiger partial charge >= 0.3 is 0 Å². The first-order chi connectivity index (χ1) is 10.4. The Morgan fingerprint density at radius 2 is 2.00 bits per heavy atom. The maximum Gasteiger partial charge on any atom is 0.260 e. The number of carbonyl (C=O) groups is 1. The van der Waals surface area contributed by atoms with Crippen LogP contribution in [0.5, 0.6) is 0 Å². The van der Waals surface area contributed by atoms with E-state index in [-0.39, 0.29) is 11.1 Å². The van der Waals surface area contributed by atoms with E-state index in [9.17, 15) is 18.4 Å². The molecule has 4 nitrogen and oxygen atoms in total. The normalized spacial score (nSPS) is 12.0. The summed E-state index contributed by atoms with van der Waals surface area (Å²) in [5, 5.41) is 2.56. The quantitative estimate of drug-likeness (QED) is 0.912. The van der Waals surface area contributed by atoms with E-state index in [0.717, 1.165) is 18.2 Å². The van der Waals surface area contributed by atoms with Gasteiger partial charge in [0, 0.05) is 11.3 Å². The first-order valence-corrected chi connectivity index (χ1v) is 6.88. The molecule has 22 heavy (non-hydrogen) atoms. The molecule has 0 aliphatic heterocycles. The van der Waals surface area contributed by atoms with Gasteiger partial charge < -0.3 is 10.3 Å². The Hall–Kier alpha value is -2.50. The van der Waals surface area contributed by atoms with Crippen molar-refractivity contribution < 1.29 is 13.6 Å². The van der Waals surface area contributed by atoms with Gasteiger partial charge in [-0.15, -0.1) is 0 Å². The highest BCUT2D eigenvalue weighted by Gasteiger charge is 2.19. The number of pyridine rings is 1. The first kappa shape index (κ1) is 15.9. The lowest BCUT2D eigenvalue weighted by Crippen LogP contribution is -2.33. The summed E-state index contributed by atoms with van der Waals surface area (Å²) in [6.07, 6.45) is 0.357. The maximum atomic E-state index is 13.8. The van der Waals surface area contributed by atoms with E-state index in [4.69, 9.17) is 0 Å². The van der Waals surface area contributed by atoms with Crippen molar-refractivity contribution in [2.24, 2.45) is 0 Å². The van der Waals surface area contributed by atoms with Gasteiger partial charge in [-0.05, 0) is 43.7 Å². The summed E-state index contributed by atoms with van der Waals surface area (Å²) in [4.78, 5) is 26.4. The molecule has 1 heterocycles. The van der Waals surface area contributed by atoms with Gasteiger partial charge in [0.2, 0.25) is 0 Å². The summed E-state index contributed by atoms with van der Waals surface area (Å²) in [6, 6.07) is 5.35. The number of hydrogen-bond acceptors (Lipinski definition) is 2. The summed E-state index contributed by atoms with van der Waals surface area (Å²) in [6.45, 7) is 3.43. The zero-order chi connectivity index (χ0) is 16.3. The lowest BCUT2D eigenvalue weighted by Gasteiger charge is -2.18. The molecule has 0 aliphatic rings. The molecule has 0 bridgehead atoms. The maximum absolute atomic E-state index is 13.8. The van der Waals surface area contributed by atoms with E-state index in [1.54, 1.807) is 19.9 Å². The highest BCUT2D eigenvalue weighted by Crippen LogP contribution is 2.21. The van der Waals surface area contributed by atoms with Crippen molar-refractivity contribution in [3.05, 3.63) is 69.1 Å². The SMILES string of the molecule is CC[C@@H](NC(=O)c1ccc(C)[nH]c1=O)c1cc(F)ccc1F. The van der Waals surface area contributed by atoms with Crippen molar-refractivity contribution in [3.63, 3.8) is 0 Å². The molecule has 0 aliphatic carbocycles. The lowest BCUT2D eigenvalue weighted by molar-refractivity contribution is 0.0933. The smallest absolute Gasteiger partial charge is 0.260 e. The Morgan fingerprint density at radius 1 is 1.27 bits per heavy atom. The molecule has 1 aromatic heterocycles. The van der Waals surface area contributed by atoms with Crippen molar-refractivity contribution >= 4 is 5.91 Å². The molecule has 1 aromatic carbocycles. The Balaban J connectivity index is 2.28. The van der Waals surface area contributed by atoms with Gasteiger partial charge in [0.1, 0.15) is 17.2 Å². The largest absolute Gasteiger partial charge is 0.345 e.